The predicted octanol–water partition coefficient (Wildman–Crippen LogP) is 5.75. The molecule has 0 spiro atoms. The van der Waals surface area contributed by atoms with E-state index in [1.54, 1.807) is 19.1 Å². The van der Waals surface area contributed by atoms with Gasteiger partial charge in [0.2, 0.25) is 0 Å². The first kappa shape index (κ1) is 21.6. The molecule has 0 saturated heterocycles. The number of rotatable bonds is 6. The summed E-state index contributed by atoms with van der Waals surface area (Å²) >= 11 is 0. The first-order valence-electron chi connectivity index (χ1n) is 10.3. The number of benzene rings is 2. The van der Waals surface area contributed by atoms with Gasteiger partial charge in [-0.1, -0.05) is 45.9 Å². The van der Waals surface area contributed by atoms with Gasteiger partial charge in [0.05, 0.1) is 0 Å². The maximum absolute atomic E-state index is 12.9. The van der Waals surface area contributed by atoms with Crippen LogP contribution in [0.2, 0.25) is 0 Å². The van der Waals surface area contributed by atoms with Crippen molar-refractivity contribution >= 4 is 22.6 Å². The van der Waals surface area contributed by atoms with Crippen molar-refractivity contribution in [3.05, 3.63) is 69.6 Å². The molecule has 5 heteroatoms. The van der Waals surface area contributed by atoms with Gasteiger partial charge in [0.1, 0.15) is 11.3 Å². The number of hydrogen-bond acceptors (Lipinski definition) is 4. The van der Waals surface area contributed by atoms with E-state index in [0.717, 1.165) is 27.8 Å². The Hall–Kier alpha value is -3.08. The maximum atomic E-state index is 12.9. The van der Waals surface area contributed by atoms with Gasteiger partial charge in [-0.3, -0.25) is 4.79 Å². The Morgan fingerprint density at radius 1 is 0.967 bits per heavy atom. The van der Waals surface area contributed by atoms with Crippen LogP contribution in [0.25, 0.3) is 11.0 Å². The van der Waals surface area contributed by atoms with Crippen LogP contribution in [-0.4, -0.2) is 12.0 Å². The summed E-state index contributed by atoms with van der Waals surface area (Å²) in [5, 5.41) is 3.92. The number of carbonyl (C=O) groups is 1. The second-order valence-electron chi connectivity index (χ2n) is 8.28. The van der Waals surface area contributed by atoms with Gasteiger partial charge in [-0.05, 0) is 54.5 Å². The van der Waals surface area contributed by atoms with Crippen LogP contribution in [0.15, 0.2) is 51.7 Å². The van der Waals surface area contributed by atoms with Gasteiger partial charge in [-0.15, -0.1) is 0 Å². The molecule has 1 heterocycles. The smallest absolute Gasteiger partial charge is 0.336 e. The van der Waals surface area contributed by atoms with Gasteiger partial charge in [0.25, 0.3) is 5.91 Å². The van der Waals surface area contributed by atoms with Crippen molar-refractivity contribution in [1.29, 1.82) is 0 Å². The molecule has 3 aromatic rings. The summed E-state index contributed by atoms with van der Waals surface area (Å²) < 4.78 is 11.1. The van der Waals surface area contributed by atoms with E-state index in [4.69, 9.17) is 9.15 Å². The van der Waals surface area contributed by atoms with Gasteiger partial charge in [-0.2, -0.15) is 0 Å². The van der Waals surface area contributed by atoms with Crippen LogP contribution in [0.5, 0.6) is 5.75 Å². The van der Waals surface area contributed by atoms with Crippen molar-refractivity contribution in [1.82, 2.24) is 0 Å². The summed E-state index contributed by atoms with van der Waals surface area (Å²) in [6.45, 7) is 12.0. The first-order valence-corrected chi connectivity index (χ1v) is 10.3. The molecule has 30 heavy (non-hydrogen) atoms. The molecule has 0 fully saturated rings. The lowest BCUT2D eigenvalue weighted by Crippen LogP contribution is -2.31. The molecule has 1 N–H and O–H groups in total. The van der Waals surface area contributed by atoms with Crippen molar-refractivity contribution in [3.63, 3.8) is 0 Å². The second-order valence-corrected chi connectivity index (χ2v) is 8.28. The van der Waals surface area contributed by atoms with E-state index in [1.807, 2.05) is 31.2 Å². The summed E-state index contributed by atoms with van der Waals surface area (Å²) in [4.78, 5) is 24.6. The molecule has 0 aliphatic heterocycles. The fourth-order valence-corrected chi connectivity index (χ4v) is 3.56. The summed E-state index contributed by atoms with van der Waals surface area (Å²) in [7, 11) is 0. The summed E-state index contributed by atoms with van der Waals surface area (Å²) in [5.41, 5.74) is 3.94. The monoisotopic (exact) mass is 407 g/mol. The lowest BCUT2D eigenvalue weighted by atomic mass is 9.92. The molecule has 0 radical (unpaired) electrons. The Morgan fingerprint density at radius 2 is 1.60 bits per heavy atom. The largest absolute Gasteiger partial charge is 0.481 e. The SMILES string of the molecule is Cc1cc(=O)oc2cc(OC(C)C(=O)Nc3c(C(C)C)cccc3C(C)C)ccc12. The van der Waals surface area contributed by atoms with Crippen LogP contribution < -0.4 is 15.7 Å². The molecule has 0 saturated carbocycles. The van der Waals surface area contributed by atoms with Gasteiger partial charge in [0.15, 0.2) is 6.10 Å². The number of fused-ring (bicyclic) bond motifs is 1. The molecule has 1 amide bonds. The fourth-order valence-electron chi connectivity index (χ4n) is 3.56. The van der Waals surface area contributed by atoms with E-state index in [9.17, 15) is 9.59 Å². The molecule has 3 rings (SSSR count). The van der Waals surface area contributed by atoms with E-state index in [-0.39, 0.29) is 17.7 Å². The summed E-state index contributed by atoms with van der Waals surface area (Å²) in [6, 6.07) is 12.8. The number of hydrogen-bond donors (Lipinski definition) is 1. The molecule has 158 valence electrons. The minimum Gasteiger partial charge on any atom is -0.481 e. The Bertz CT molecular complexity index is 1100. The number of nitrogens with one attached hydrogen (secondary N) is 1. The first-order chi connectivity index (χ1) is 14.2. The minimum absolute atomic E-state index is 0.226. The summed E-state index contributed by atoms with van der Waals surface area (Å²) in [5.74, 6) is 0.805. The van der Waals surface area contributed by atoms with Crippen LogP contribution in [0.3, 0.4) is 0 Å². The molecule has 0 aliphatic carbocycles. The Labute approximate surface area is 177 Å². The average molecular weight is 408 g/mol. The molecule has 1 aromatic heterocycles. The van der Waals surface area contributed by atoms with Crippen LogP contribution in [-0.2, 0) is 4.79 Å². The number of anilines is 1. The van der Waals surface area contributed by atoms with E-state index in [1.165, 1.54) is 6.07 Å². The highest BCUT2D eigenvalue weighted by Gasteiger charge is 2.20. The molecular weight excluding hydrogens is 378 g/mol. The van der Waals surface area contributed by atoms with Crippen molar-refractivity contribution in [2.45, 2.75) is 59.5 Å². The second kappa shape index (κ2) is 8.74. The van der Waals surface area contributed by atoms with E-state index in [2.05, 4.69) is 33.0 Å². The molecule has 0 aliphatic rings. The maximum Gasteiger partial charge on any atom is 0.336 e. The Morgan fingerprint density at radius 3 is 2.20 bits per heavy atom. The minimum atomic E-state index is -0.723. The van der Waals surface area contributed by atoms with Crippen LogP contribution in [0.4, 0.5) is 5.69 Å². The Balaban J connectivity index is 1.84. The number of ether oxygens (including phenoxy) is 1. The topological polar surface area (TPSA) is 68.5 Å². The van der Waals surface area contributed by atoms with E-state index < -0.39 is 11.7 Å². The van der Waals surface area contributed by atoms with Crippen molar-refractivity contribution in [2.24, 2.45) is 0 Å². The zero-order valence-electron chi connectivity index (χ0n) is 18.4. The third-order valence-corrected chi connectivity index (χ3v) is 5.23. The Kier molecular flexibility index (Phi) is 6.30. The highest BCUT2D eigenvalue weighted by atomic mass is 16.5. The summed E-state index contributed by atoms with van der Waals surface area (Å²) in [6.07, 6.45) is -0.723. The van der Waals surface area contributed by atoms with E-state index in [0.29, 0.717) is 11.3 Å². The van der Waals surface area contributed by atoms with Crippen LogP contribution in [0, 0.1) is 6.92 Å². The van der Waals surface area contributed by atoms with Gasteiger partial charge >= 0.3 is 5.63 Å². The van der Waals surface area contributed by atoms with Crippen molar-refractivity contribution in [2.75, 3.05) is 5.32 Å². The van der Waals surface area contributed by atoms with Crippen LogP contribution >= 0.6 is 0 Å². The number of para-hydroxylation sites is 1. The molecule has 5 nitrogen and oxygen atoms in total. The number of amides is 1. The third-order valence-electron chi connectivity index (χ3n) is 5.23. The van der Waals surface area contributed by atoms with Crippen molar-refractivity contribution < 1.29 is 13.9 Å². The van der Waals surface area contributed by atoms with Gasteiger partial charge in [-0.25, -0.2) is 4.79 Å². The molecule has 1 atom stereocenters. The highest BCUT2D eigenvalue weighted by Crippen LogP contribution is 2.32. The van der Waals surface area contributed by atoms with E-state index >= 15 is 0 Å². The standard InChI is InChI=1S/C25H29NO4/c1-14(2)19-8-7-9-20(15(3)4)24(19)26-25(28)17(6)29-18-10-11-21-16(5)12-23(27)30-22(21)13-18/h7-15,17H,1-6H3,(H,26,28). The van der Waals surface area contributed by atoms with Crippen molar-refractivity contribution in [3.8, 4) is 5.75 Å². The van der Waals surface area contributed by atoms with Gasteiger partial charge < -0.3 is 14.5 Å². The molecule has 2 aromatic carbocycles. The zero-order chi connectivity index (χ0) is 22.0. The highest BCUT2D eigenvalue weighted by molar-refractivity contribution is 5.96. The average Bonchev–Trinajstić information content (AvgIpc) is 2.67. The number of aryl methyl sites for hydroxylation is 1. The third kappa shape index (κ3) is 4.56. The predicted molar refractivity (Wildman–Crippen MR) is 121 cm³/mol. The van der Waals surface area contributed by atoms with Gasteiger partial charge in [0, 0.05) is 23.2 Å². The van der Waals surface area contributed by atoms with Crippen LogP contribution in [0.1, 0.15) is 63.1 Å². The molecule has 1 unspecified atom stereocenters. The zero-order valence-corrected chi connectivity index (χ0v) is 18.4. The number of carbonyl (C=O) groups excluding carboxylic acids is 1. The fraction of sp³-hybridized carbons (Fsp3) is 0.360. The normalized spacial score (nSPS) is 12.4. The lowest BCUT2D eigenvalue weighted by Gasteiger charge is -2.22. The molecule has 0 bridgehead atoms. The molecular formula is C25H29NO4. The lowest BCUT2D eigenvalue weighted by molar-refractivity contribution is -0.122. The quantitative estimate of drug-likeness (QED) is 0.528.